The van der Waals surface area contributed by atoms with Gasteiger partial charge in [0, 0.05) is 11.8 Å². The zero-order chi connectivity index (χ0) is 11.4. The highest BCUT2D eigenvalue weighted by molar-refractivity contribution is 5.35. The van der Waals surface area contributed by atoms with Gasteiger partial charge in [-0.1, -0.05) is 0 Å². The first-order chi connectivity index (χ1) is 7.83. The fraction of sp³-hybridized carbons (Fsp3) is 0.417. The summed E-state index contributed by atoms with van der Waals surface area (Å²) in [6.07, 6.45) is 6.32. The molecule has 0 radical (unpaired) electrons. The van der Waals surface area contributed by atoms with Crippen LogP contribution in [-0.2, 0) is 4.74 Å². The summed E-state index contributed by atoms with van der Waals surface area (Å²) in [7, 11) is 1.56. The first kappa shape index (κ1) is 11.0. The molecule has 0 aromatic carbocycles. The third-order valence-corrected chi connectivity index (χ3v) is 2.56. The third-order valence-electron chi connectivity index (χ3n) is 2.56. The van der Waals surface area contributed by atoms with E-state index in [1.807, 2.05) is 6.08 Å². The summed E-state index contributed by atoms with van der Waals surface area (Å²) in [5, 5.41) is 10.2. The molecule has 4 heteroatoms. The zero-order valence-electron chi connectivity index (χ0n) is 9.22. The number of aromatic nitrogens is 1. The predicted molar refractivity (Wildman–Crippen MR) is 59.0 cm³/mol. The molecule has 0 saturated heterocycles. The minimum atomic E-state index is -0.766. The molecule has 0 saturated carbocycles. The van der Waals surface area contributed by atoms with E-state index in [-0.39, 0.29) is 0 Å². The highest BCUT2D eigenvalue weighted by Gasteiger charge is 2.20. The molecule has 16 heavy (non-hydrogen) atoms. The van der Waals surface area contributed by atoms with Crippen LogP contribution in [0.15, 0.2) is 30.3 Å². The van der Waals surface area contributed by atoms with Crippen LogP contribution in [0.25, 0.3) is 0 Å². The van der Waals surface area contributed by atoms with E-state index in [9.17, 15) is 5.11 Å². The number of aliphatic hydroxyl groups excluding tert-OH is 1. The third kappa shape index (κ3) is 2.17. The average Bonchev–Trinajstić information content (AvgIpc) is 2.39. The molecular weight excluding hydrogens is 206 g/mol. The maximum absolute atomic E-state index is 10.2. The topological polar surface area (TPSA) is 51.6 Å². The normalized spacial score (nSPS) is 17.2. The number of hydrogen-bond acceptors (Lipinski definition) is 4. The Morgan fingerprint density at radius 3 is 3.12 bits per heavy atom. The van der Waals surface area contributed by atoms with Gasteiger partial charge < -0.3 is 14.6 Å². The van der Waals surface area contributed by atoms with Gasteiger partial charge in [0.25, 0.3) is 0 Å². The Morgan fingerprint density at radius 2 is 2.44 bits per heavy atom. The van der Waals surface area contributed by atoms with Crippen molar-refractivity contribution in [1.29, 1.82) is 0 Å². The Labute approximate surface area is 94.5 Å². The fourth-order valence-corrected chi connectivity index (χ4v) is 1.71. The number of hydrogen-bond donors (Lipinski definition) is 1. The fourth-order valence-electron chi connectivity index (χ4n) is 1.71. The molecule has 0 bridgehead atoms. The summed E-state index contributed by atoms with van der Waals surface area (Å²) in [5.41, 5.74) is 0.686. The smallest absolute Gasteiger partial charge is 0.143 e. The molecule has 1 atom stereocenters. The summed E-state index contributed by atoms with van der Waals surface area (Å²) >= 11 is 0. The molecule has 0 spiro atoms. The van der Waals surface area contributed by atoms with Crippen molar-refractivity contribution < 1.29 is 14.6 Å². The number of allylic oxidation sites excluding steroid dienone is 1. The van der Waals surface area contributed by atoms with Crippen molar-refractivity contribution in [2.24, 2.45) is 0 Å². The van der Waals surface area contributed by atoms with E-state index in [4.69, 9.17) is 9.47 Å². The van der Waals surface area contributed by atoms with Gasteiger partial charge in [-0.05, 0) is 25.0 Å². The summed E-state index contributed by atoms with van der Waals surface area (Å²) in [6.45, 7) is 0.663. The zero-order valence-corrected chi connectivity index (χ0v) is 9.22. The van der Waals surface area contributed by atoms with Crippen LogP contribution in [0.5, 0.6) is 5.75 Å². The van der Waals surface area contributed by atoms with Gasteiger partial charge in [-0.25, -0.2) is 0 Å². The second-order valence-electron chi connectivity index (χ2n) is 3.62. The van der Waals surface area contributed by atoms with E-state index in [2.05, 4.69) is 4.98 Å². The van der Waals surface area contributed by atoms with Gasteiger partial charge in [-0.3, -0.25) is 4.98 Å². The highest BCUT2D eigenvalue weighted by atomic mass is 16.5. The Kier molecular flexibility index (Phi) is 3.41. The van der Waals surface area contributed by atoms with Gasteiger partial charge >= 0.3 is 0 Å². The van der Waals surface area contributed by atoms with Gasteiger partial charge in [-0.2, -0.15) is 0 Å². The first-order valence-electron chi connectivity index (χ1n) is 5.31. The summed E-state index contributed by atoms with van der Waals surface area (Å²) in [4.78, 5) is 3.95. The monoisotopic (exact) mass is 221 g/mol. The maximum atomic E-state index is 10.2. The van der Waals surface area contributed by atoms with E-state index in [1.54, 1.807) is 25.6 Å². The number of aliphatic hydroxyl groups is 1. The Balaban J connectivity index is 2.25. The van der Waals surface area contributed by atoms with E-state index in [1.165, 1.54) is 0 Å². The van der Waals surface area contributed by atoms with Crippen LogP contribution in [0, 0.1) is 0 Å². The van der Waals surface area contributed by atoms with Crippen LogP contribution < -0.4 is 4.74 Å². The van der Waals surface area contributed by atoms with Gasteiger partial charge in [0.15, 0.2) is 0 Å². The van der Waals surface area contributed by atoms with Crippen molar-refractivity contribution in [2.75, 3.05) is 13.7 Å². The molecule has 2 heterocycles. The summed E-state index contributed by atoms with van der Waals surface area (Å²) < 4.78 is 10.6. The van der Waals surface area contributed by atoms with Crippen LogP contribution >= 0.6 is 0 Å². The SMILES string of the molecule is COc1cnccc1C(O)C1=CCCCO1. The molecule has 4 nitrogen and oxygen atoms in total. The average molecular weight is 221 g/mol. The number of methoxy groups -OCH3 is 1. The molecular formula is C12H15NO3. The van der Waals surface area contributed by atoms with Crippen molar-refractivity contribution in [1.82, 2.24) is 4.98 Å². The molecule has 2 rings (SSSR count). The number of rotatable bonds is 3. The lowest BCUT2D eigenvalue weighted by molar-refractivity contribution is 0.0901. The van der Waals surface area contributed by atoms with Gasteiger partial charge in [-0.15, -0.1) is 0 Å². The molecule has 0 amide bonds. The standard InChI is InChI=1S/C12H15NO3/c1-15-11-8-13-6-5-9(11)12(14)10-4-2-3-7-16-10/h4-6,8,12,14H,2-3,7H2,1H3. The van der Waals surface area contributed by atoms with E-state index < -0.39 is 6.10 Å². The summed E-state index contributed by atoms with van der Waals surface area (Å²) in [6, 6.07) is 1.74. The number of pyridine rings is 1. The van der Waals surface area contributed by atoms with Crippen LogP contribution in [0.2, 0.25) is 0 Å². The van der Waals surface area contributed by atoms with E-state index >= 15 is 0 Å². The molecule has 1 aromatic heterocycles. The van der Waals surface area contributed by atoms with Crippen molar-refractivity contribution in [3.8, 4) is 5.75 Å². The lowest BCUT2D eigenvalue weighted by Gasteiger charge is -2.21. The lowest BCUT2D eigenvalue weighted by atomic mass is 10.1. The van der Waals surface area contributed by atoms with Gasteiger partial charge in [0.1, 0.15) is 17.6 Å². The molecule has 86 valence electrons. The second kappa shape index (κ2) is 4.99. The van der Waals surface area contributed by atoms with Gasteiger partial charge in [0.2, 0.25) is 0 Å². The largest absolute Gasteiger partial charge is 0.495 e. The quantitative estimate of drug-likeness (QED) is 0.845. The van der Waals surface area contributed by atoms with Crippen LogP contribution in [0.4, 0.5) is 0 Å². The van der Waals surface area contributed by atoms with Crippen molar-refractivity contribution in [3.63, 3.8) is 0 Å². The van der Waals surface area contributed by atoms with Crippen LogP contribution in [-0.4, -0.2) is 23.8 Å². The first-order valence-corrected chi connectivity index (χ1v) is 5.31. The van der Waals surface area contributed by atoms with Gasteiger partial charge in [0.05, 0.1) is 19.9 Å². The molecule has 0 aliphatic carbocycles. The van der Waals surface area contributed by atoms with Crippen LogP contribution in [0.3, 0.4) is 0 Å². The Morgan fingerprint density at radius 1 is 1.56 bits per heavy atom. The molecule has 1 aliphatic rings. The number of nitrogens with zero attached hydrogens (tertiary/aromatic N) is 1. The molecule has 1 N–H and O–H groups in total. The highest BCUT2D eigenvalue weighted by Crippen LogP contribution is 2.31. The minimum absolute atomic E-state index is 0.574. The van der Waals surface area contributed by atoms with Crippen LogP contribution in [0.1, 0.15) is 24.5 Å². The van der Waals surface area contributed by atoms with Crippen molar-refractivity contribution >= 4 is 0 Å². The molecule has 1 unspecified atom stereocenters. The lowest BCUT2D eigenvalue weighted by Crippen LogP contribution is -2.10. The van der Waals surface area contributed by atoms with Crippen molar-refractivity contribution in [3.05, 3.63) is 35.9 Å². The van der Waals surface area contributed by atoms with Crippen molar-refractivity contribution in [2.45, 2.75) is 18.9 Å². The molecule has 1 aromatic rings. The Hall–Kier alpha value is -1.55. The second-order valence-corrected chi connectivity index (χ2v) is 3.62. The van der Waals surface area contributed by atoms with E-state index in [0.29, 0.717) is 23.7 Å². The summed E-state index contributed by atoms with van der Waals surface area (Å²) in [5.74, 6) is 1.18. The Bertz CT molecular complexity index is 390. The number of ether oxygens (including phenoxy) is 2. The molecule has 0 fully saturated rings. The predicted octanol–water partition coefficient (Wildman–Crippen LogP) is 1.82. The molecule has 1 aliphatic heterocycles. The van der Waals surface area contributed by atoms with E-state index in [0.717, 1.165) is 12.8 Å². The maximum Gasteiger partial charge on any atom is 0.143 e. The minimum Gasteiger partial charge on any atom is -0.495 e.